The van der Waals surface area contributed by atoms with Crippen LogP contribution >= 0.6 is 0 Å². The Labute approximate surface area is 108 Å². The van der Waals surface area contributed by atoms with Crippen LogP contribution in [0.3, 0.4) is 0 Å². The van der Waals surface area contributed by atoms with Gasteiger partial charge in [0.05, 0.1) is 6.10 Å². The van der Waals surface area contributed by atoms with E-state index in [0.717, 1.165) is 11.3 Å². The molecule has 1 aliphatic rings. The van der Waals surface area contributed by atoms with Gasteiger partial charge in [-0.2, -0.15) is 0 Å². The van der Waals surface area contributed by atoms with Crippen LogP contribution in [-0.4, -0.2) is 17.9 Å². The van der Waals surface area contributed by atoms with Crippen LogP contribution in [0.2, 0.25) is 0 Å². The molecule has 1 aromatic rings. The largest absolute Gasteiger partial charge is 0.491 e. The molecule has 0 aromatic heterocycles. The van der Waals surface area contributed by atoms with E-state index in [1.165, 1.54) is 0 Å². The van der Waals surface area contributed by atoms with Crippen LogP contribution in [0, 0.1) is 5.92 Å². The first-order chi connectivity index (χ1) is 8.56. The van der Waals surface area contributed by atoms with E-state index in [2.05, 4.69) is 0 Å². The smallest absolute Gasteiger partial charge is 0.169 e. The molecular formula is C15H19NO2. The summed E-state index contributed by atoms with van der Waals surface area (Å²) >= 11 is 0. The Balaban J connectivity index is 2.05. The maximum Gasteiger partial charge on any atom is 0.169 e. The number of allylic oxidation sites excluding steroid dienone is 1. The van der Waals surface area contributed by atoms with Crippen molar-refractivity contribution in [3.8, 4) is 5.75 Å². The number of ether oxygens (including phenoxy) is 1. The van der Waals surface area contributed by atoms with Crippen LogP contribution in [0.5, 0.6) is 5.75 Å². The Morgan fingerprint density at radius 2 is 1.94 bits per heavy atom. The molecule has 3 nitrogen and oxygen atoms in total. The van der Waals surface area contributed by atoms with Crippen LogP contribution in [0.25, 0.3) is 0 Å². The molecule has 0 spiro atoms. The minimum Gasteiger partial charge on any atom is -0.491 e. The van der Waals surface area contributed by atoms with Crippen molar-refractivity contribution in [3.63, 3.8) is 0 Å². The van der Waals surface area contributed by atoms with Crippen molar-refractivity contribution in [2.24, 2.45) is 11.7 Å². The molecule has 3 heteroatoms. The van der Waals surface area contributed by atoms with E-state index in [1.54, 1.807) is 0 Å². The van der Waals surface area contributed by atoms with Gasteiger partial charge in [0.25, 0.3) is 0 Å². The van der Waals surface area contributed by atoms with Gasteiger partial charge in [-0.25, -0.2) is 0 Å². The number of benzene rings is 1. The average molecular weight is 245 g/mol. The van der Waals surface area contributed by atoms with E-state index in [-0.39, 0.29) is 23.8 Å². The first-order valence-corrected chi connectivity index (χ1v) is 6.31. The van der Waals surface area contributed by atoms with Gasteiger partial charge in [0.2, 0.25) is 0 Å². The third kappa shape index (κ3) is 2.99. The summed E-state index contributed by atoms with van der Waals surface area (Å²) in [5.74, 6) is 0.854. The molecule has 18 heavy (non-hydrogen) atoms. The van der Waals surface area contributed by atoms with E-state index in [9.17, 15) is 4.79 Å². The second kappa shape index (κ2) is 5.36. The molecule has 1 aliphatic carbocycles. The quantitative estimate of drug-likeness (QED) is 0.655. The zero-order valence-corrected chi connectivity index (χ0v) is 10.8. The van der Waals surface area contributed by atoms with Crippen molar-refractivity contribution in [1.82, 2.24) is 0 Å². The lowest BCUT2D eigenvalue weighted by Gasteiger charge is -2.11. The SMILES string of the molecule is CC(C)Oc1ccc(C(=O)C2C=CC(N)C2)cc1. The fraction of sp³-hybridized carbons (Fsp3) is 0.400. The van der Waals surface area contributed by atoms with E-state index in [1.807, 2.05) is 50.3 Å². The number of ketones is 1. The topological polar surface area (TPSA) is 52.3 Å². The molecule has 96 valence electrons. The molecule has 0 aliphatic heterocycles. The molecule has 2 unspecified atom stereocenters. The third-order valence-electron chi connectivity index (χ3n) is 2.96. The highest BCUT2D eigenvalue weighted by Crippen LogP contribution is 2.22. The van der Waals surface area contributed by atoms with Crippen LogP contribution in [-0.2, 0) is 0 Å². The molecule has 0 saturated carbocycles. The van der Waals surface area contributed by atoms with Gasteiger partial charge in [0.1, 0.15) is 5.75 Å². The van der Waals surface area contributed by atoms with E-state index in [4.69, 9.17) is 10.5 Å². The Hall–Kier alpha value is -1.61. The lowest BCUT2D eigenvalue weighted by molar-refractivity contribution is 0.0943. The van der Waals surface area contributed by atoms with Crippen molar-refractivity contribution < 1.29 is 9.53 Å². The molecule has 0 amide bonds. The summed E-state index contributed by atoms with van der Waals surface area (Å²) in [5, 5.41) is 0. The Bertz CT molecular complexity index is 448. The number of rotatable bonds is 4. The number of hydrogen-bond acceptors (Lipinski definition) is 3. The molecule has 0 heterocycles. The second-order valence-corrected chi connectivity index (χ2v) is 4.95. The van der Waals surface area contributed by atoms with Crippen molar-refractivity contribution in [2.75, 3.05) is 0 Å². The van der Waals surface area contributed by atoms with Gasteiger partial charge in [0, 0.05) is 17.5 Å². The van der Waals surface area contributed by atoms with Crippen molar-refractivity contribution >= 4 is 5.78 Å². The van der Waals surface area contributed by atoms with Gasteiger partial charge in [0.15, 0.2) is 5.78 Å². The van der Waals surface area contributed by atoms with E-state index in [0.29, 0.717) is 6.42 Å². The summed E-state index contributed by atoms with van der Waals surface area (Å²) in [6.45, 7) is 3.95. The molecule has 0 fully saturated rings. The molecule has 2 N–H and O–H groups in total. The summed E-state index contributed by atoms with van der Waals surface area (Å²) in [5.41, 5.74) is 6.48. The second-order valence-electron chi connectivity index (χ2n) is 4.95. The zero-order chi connectivity index (χ0) is 13.1. The van der Waals surface area contributed by atoms with Crippen molar-refractivity contribution in [1.29, 1.82) is 0 Å². The zero-order valence-electron chi connectivity index (χ0n) is 10.8. The summed E-state index contributed by atoms with van der Waals surface area (Å²) in [7, 11) is 0. The van der Waals surface area contributed by atoms with Gasteiger partial charge in [-0.1, -0.05) is 12.2 Å². The fourth-order valence-electron chi connectivity index (χ4n) is 2.11. The lowest BCUT2D eigenvalue weighted by atomic mass is 9.96. The predicted octanol–water partition coefficient (Wildman–Crippen LogP) is 2.56. The number of hydrogen-bond donors (Lipinski definition) is 1. The van der Waals surface area contributed by atoms with Gasteiger partial charge in [-0.15, -0.1) is 0 Å². The molecule has 0 radical (unpaired) electrons. The first-order valence-electron chi connectivity index (χ1n) is 6.31. The summed E-state index contributed by atoms with van der Waals surface area (Å²) in [6.07, 6.45) is 4.66. The summed E-state index contributed by atoms with van der Waals surface area (Å²) in [6, 6.07) is 7.33. The molecule has 2 rings (SSSR count). The highest BCUT2D eigenvalue weighted by molar-refractivity contribution is 5.99. The first kappa shape index (κ1) is 12.8. The van der Waals surface area contributed by atoms with Gasteiger partial charge in [-0.05, 0) is 44.5 Å². The molecular weight excluding hydrogens is 226 g/mol. The van der Waals surface area contributed by atoms with Gasteiger partial charge in [-0.3, -0.25) is 4.79 Å². The highest BCUT2D eigenvalue weighted by atomic mass is 16.5. The Kier molecular flexibility index (Phi) is 3.82. The summed E-state index contributed by atoms with van der Waals surface area (Å²) < 4.78 is 5.55. The normalized spacial score (nSPS) is 22.4. The minimum absolute atomic E-state index is 0.0162. The maximum absolute atomic E-state index is 12.2. The van der Waals surface area contributed by atoms with E-state index < -0.39 is 0 Å². The summed E-state index contributed by atoms with van der Waals surface area (Å²) in [4.78, 5) is 12.2. The standard InChI is InChI=1S/C15H19NO2/c1-10(2)18-14-7-4-11(5-8-14)15(17)12-3-6-13(16)9-12/h3-8,10,12-13H,9,16H2,1-2H3. The number of carbonyl (C=O) groups excluding carboxylic acids is 1. The van der Waals surface area contributed by atoms with E-state index >= 15 is 0 Å². The Morgan fingerprint density at radius 1 is 1.28 bits per heavy atom. The fourth-order valence-corrected chi connectivity index (χ4v) is 2.11. The van der Waals surface area contributed by atoms with Crippen LogP contribution < -0.4 is 10.5 Å². The van der Waals surface area contributed by atoms with Gasteiger partial charge < -0.3 is 10.5 Å². The Morgan fingerprint density at radius 3 is 2.44 bits per heavy atom. The molecule has 1 aromatic carbocycles. The molecule has 2 atom stereocenters. The van der Waals surface area contributed by atoms with Gasteiger partial charge >= 0.3 is 0 Å². The lowest BCUT2D eigenvalue weighted by Crippen LogP contribution is -2.19. The maximum atomic E-state index is 12.2. The van der Waals surface area contributed by atoms with Crippen LogP contribution in [0.4, 0.5) is 0 Å². The van der Waals surface area contributed by atoms with Crippen LogP contribution in [0.15, 0.2) is 36.4 Å². The average Bonchev–Trinajstić information content (AvgIpc) is 2.75. The number of Topliss-reactive ketones (excluding diaryl/α,β-unsaturated/α-hetero) is 1. The van der Waals surface area contributed by atoms with Crippen LogP contribution in [0.1, 0.15) is 30.6 Å². The van der Waals surface area contributed by atoms with Crippen molar-refractivity contribution in [3.05, 3.63) is 42.0 Å². The highest BCUT2D eigenvalue weighted by Gasteiger charge is 2.23. The predicted molar refractivity (Wildman–Crippen MR) is 71.8 cm³/mol. The number of carbonyl (C=O) groups is 1. The van der Waals surface area contributed by atoms with Crippen molar-refractivity contribution in [2.45, 2.75) is 32.4 Å². The number of nitrogens with two attached hydrogens (primary N) is 1. The monoisotopic (exact) mass is 245 g/mol. The molecule has 0 saturated heterocycles. The minimum atomic E-state index is -0.0723. The molecule has 0 bridgehead atoms. The third-order valence-corrected chi connectivity index (χ3v) is 2.96.